The van der Waals surface area contributed by atoms with Gasteiger partial charge in [0.1, 0.15) is 0 Å². The summed E-state index contributed by atoms with van der Waals surface area (Å²) in [5.74, 6) is 1.41. The fraction of sp³-hybridized carbons (Fsp3) is 0.375. The van der Waals surface area contributed by atoms with Crippen molar-refractivity contribution in [2.45, 2.75) is 38.5 Å². The van der Waals surface area contributed by atoms with Crippen LogP contribution in [0.5, 0.6) is 11.5 Å². The van der Waals surface area contributed by atoms with Crippen LogP contribution in [0.1, 0.15) is 49.7 Å². The number of carbonyl (C=O) groups excluding carboxylic acids is 1. The molecule has 3 rings (SSSR count). The normalized spacial score (nSPS) is 12.0. The molecule has 0 aliphatic carbocycles. The smallest absolute Gasteiger partial charge is 0.220 e. The van der Waals surface area contributed by atoms with Gasteiger partial charge < -0.3 is 19.8 Å². The summed E-state index contributed by atoms with van der Waals surface area (Å²) in [6, 6.07) is 14.1. The van der Waals surface area contributed by atoms with Crippen molar-refractivity contribution in [1.82, 2.24) is 10.3 Å². The van der Waals surface area contributed by atoms with Crippen LogP contribution in [0.15, 0.2) is 48.7 Å². The van der Waals surface area contributed by atoms with Gasteiger partial charge in [0.2, 0.25) is 5.91 Å². The van der Waals surface area contributed by atoms with E-state index in [0.29, 0.717) is 24.5 Å². The number of fused-ring (bicyclic) bond motifs is 1. The summed E-state index contributed by atoms with van der Waals surface area (Å²) in [6.07, 6.45) is 5.68. The maximum Gasteiger partial charge on any atom is 0.220 e. The van der Waals surface area contributed by atoms with Crippen molar-refractivity contribution in [3.8, 4) is 11.5 Å². The molecule has 1 atom stereocenters. The van der Waals surface area contributed by atoms with E-state index in [1.807, 2.05) is 36.5 Å². The summed E-state index contributed by atoms with van der Waals surface area (Å²) >= 11 is 0. The first kappa shape index (κ1) is 20.8. The molecule has 1 aromatic heterocycles. The number of methoxy groups -OCH3 is 2. The molecule has 0 spiro atoms. The van der Waals surface area contributed by atoms with Crippen LogP contribution in [-0.2, 0) is 4.79 Å². The number of aromatic nitrogens is 1. The highest BCUT2D eigenvalue weighted by Crippen LogP contribution is 2.40. The van der Waals surface area contributed by atoms with Gasteiger partial charge in [-0.2, -0.15) is 0 Å². The number of ether oxygens (including phenoxy) is 2. The largest absolute Gasteiger partial charge is 0.493 e. The van der Waals surface area contributed by atoms with E-state index in [-0.39, 0.29) is 11.8 Å². The zero-order chi connectivity index (χ0) is 20.6. The topological polar surface area (TPSA) is 63.4 Å². The van der Waals surface area contributed by atoms with Gasteiger partial charge in [0.05, 0.1) is 14.2 Å². The van der Waals surface area contributed by atoms with Crippen LogP contribution < -0.4 is 14.8 Å². The molecule has 1 amide bonds. The summed E-state index contributed by atoms with van der Waals surface area (Å²) in [6.45, 7) is 2.64. The highest BCUT2D eigenvalue weighted by atomic mass is 16.5. The molecule has 1 heterocycles. The van der Waals surface area contributed by atoms with Crippen molar-refractivity contribution in [1.29, 1.82) is 0 Å². The van der Waals surface area contributed by atoms with E-state index < -0.39 is 0 Å². The molecule has 0 fully saturated rings. The molecule has 29 heavy (non-hydrogen) atoms. The first-order valence-electron chi connectivity index (χ1n) is 10.2. The third-order valence-corrected chi connectivity index (χ3v) is 5.32. The predicted octanol–water partition coefficient (Wildman–Crippen LogP) is 5.01. The Bertz CT molecular complexity index is 948. The number of nitrogens with one attached hydrogen (secondary N) is 2. The summed E-state index contributed by atoms with van der Waals surface area (Å²) < 4.78 is 11.2. The average molecular weight is 395 g/mol. The summed E-state index contributed by atoms with van der Waals surface area (Å²) in [4.78, 5) is 15.7. The van der Waals surface area contributed by atoms with Gasteiger partial charge in [0.15, 0.2) is 11.5 Å². The molecular formula is C24H30N2O3. The zero-order valence-electron chi connectivity index (χ0n) is 17.5. The van der Waals surface area contributed by atoms with E-state index in [2.05, 4.69) is 29.4 Å². The molecule has 0 aliphatic rings. The number of benzene rings is 2. The van der Waals surface area contributed by atoms with Crippen LogP contribution in [0, 0.1) is 0 Å². The first-order valence-corrected chi connectivity index (χ1v) is 10.2. The maximum absolute atomic E-state index is 12.4. The molecule has 0 saturated heterocycles. The van der Waals surface area contributed by atoms with Crippen LogP contribution in [0.3, 0.4) is 0 Å². The van der Waals surface area contributed by atoms with Crippen molar-refractivity contribution < 1.29 is 14.3 Å². The lowest BCUT2D eigenvalue weighted by atomic mass is 9.89. The first-order chi connectivity index (χ1) is 14.2. The Morgan fingerprint density at radius 2 is 1.86 bits per heavy atom. The molecule has 0 unspecified atom stereocenters. The van der Waals surface area contributed by atoms with Crippen molar-refractivity contribution in [3.05, 3.63) is 59.8 Å². The zero-order valence-corrected chi connectivity index (χ0v) is 17.5. The Hall–Kier alpha value is -2.95. The monoisotopic (exact) mass is 394 g/mol. The number of hydrogen-bond donors (Lipinski definition) is 2. The second-order valence-corrected chi connectivity index (χ2v) is 7.19. The van der Waals surface area contributed by atoms with Gasteiger partial charge in [-0.3, -0.25) is 4.79 Å². The van der Waals surface area contributed by atoms with Crippen LogP contribution in [0.25, 0.3) is 10.9 Å². The lowest BCUT2D eigenvalue weighted by molar-refractivity contribution is -0.121. The van der Waals surface area contributed by atoms with E-state index >= 15 is 0 Å². The summed E-state index contributed by atoms with van der Waals surface area (Å²) in [5, 5.41) is 4.27. The second-order valence-electron chi connectivity index (χ2n) is 7.19. The molecule has 3 aromatic rings. The van der Waals surface area contributed by atoms with E-state index in [1.54, 1.807) is 14.2 Å². The Morgan fingerprint density at radius 3 is 2.62 bits per heavy atom. The highest BCUT2D eigenvalue weighted by Gasteiger charge is 2.24. The third kappa shape index (κ3) is 4.73. The lowest BCUT2D eigenvalue weighted by Gasteiger charge is -2.22. The lowest BCUT2D eigenvalue weighted by Crippen LogP contribution is -2.28. The number of carbonyl (C=O) groups is 1. The SMILES string of the molecule is CCCCCC(=O)NC[C@H](c1cccc(OC)c1OC)c1c[nH]c2ccccc12. The minimum Gasteiger partial charge on any atom is -0.493 e. The molecule has 2 aromatic carbocycles. The van der Waals surface area contributed by atoms with Gasteiger partial charge in [-0.25, -0.2) is 0 Å². The number of rotatable bonds is 10. The van der Waals surface area contributed by atoms with Crippen molar-refractivity contribution in [3.63, 3.8) is 0 Å². The number of hydrogen-bond acceptors (Lipinski definition) is 3. The molecule has 2 N–H and O–H groups in total. The molecule has 5 nitrogen and oxygen atoms in total. The van der Waals surface area contributed by atoms with Gasteiger partial charge >= 0.3 is 0 Å². The van der Waals surface area contributed by atoms with Gasteiger partial charge in [-0.05, 0) is 24.1 Å². The minimum atomic E-state index is -0.0636. The average Bonchev–Trinajstić information content (AvgIpc) is 3.18. The number of unbranched alkanes of at least 4 members (excludes halogenated alkanes) is 2. The van der Waals surface area contributed by atoms with Crippen molar-refractivity contribution in [2.75, 3.05) is 20.8 Å². The van der Waals surface area contributed by atoms with E-state index in [1.165, 1.54) is 0 Å². The highest BCUT2D eigenvalue weighted by molar-refractivity contribution is 5.84. The van der Waals surface area contributed by atoms with E-state index in [0.717, 1.165) is 41.3 Å². The number of aromatic amines is 1. The Morgan fingerprint density at radius 1 is 1.03 bits per heavy atom. The van der Waals surface area contributed by atoms with Crippen LogP contribution >= 0.6 is 0 Å². The Balaban J connectivity index is 1.96. The molecule has 0 radical (unpaired) electrons. The molecule has 5 heteroatoms. The molecule has 154 valence electrons. The molecule has 0 aliphatic heterocycles. The van der Waals surface area contributed by atoms with Gasteiger partial charge in [0.25, 0.3) is 0 Å². The predicted molar refractivity (Wildman–Crippen MR) is 117 cm³/mol. The molecular weight excluding hydrogens is 364 g/mol. The Labute approximate surface area is 172 Å². The van der Waals surface area contributed by atoms with Crippen LogP contribution in [-0.4, -0.2) is 31.7 Å². The van der Waals surface area contributed by atoms with Gasteiger partial charge in [-0.1, -0.05) is 50.1 Å². The molecule has 0 saturated carbocycles. The van der Waals surface area contributed by atoms with Gasteiger partial charge in [-0.15, -0.1) is 0 Å². The quantitative estimate of drug-likeness (QED) is 0.475. The van der Waals surface area contributed by atoms with Gasteiger partial charge in [0, 0.05) is 41.5 Å². The fourth-order valence-electron chi connectivity index (χ4n) is 3.80. The fourth-order valence-corrected chi connectivity index (χ4v) is 3.80. The van der Waals surface area contributed by atoms with E-state index in [4.69, 9.17) is 9.47 Å². The number of H-pyrrole nitrogens is 1. The van der Waals surface area contributed by atoms with Crippen LogP contribution in [0.2, 0.25) is 0 Å². The third-order valence-electron chi connectivity index (χ3n) is 5.32. The molecule has 0 bridgehead atoms. The Kier molecular flexibility index (Phi) is 7.17. The summed E-state index contributed by atoms with van der Waals surface area (Å²) in [7, 11) is 3.29. The van der Waals surface area contributed by atoms with Crippen molar-refractivity contribution >= 4 is 16.8 Å². The summed E-state index contributed by atoms with van der Waals surface area (Å²) in [5.41, 5.74) is 3.19. The number of amides is 1. The van der Waals surface area contributed by atoms with E-state index in [9.17, 15) is 4.79 Å². The second kappa shape index (κ2) is 10.0. The number of para-hydroxylation sites is 2. The minimum absolute atomic E-state index is 0.0636. The van der Waals surface area contributed by atoms with Crippen molar-refractivity contribution in [2.24, 2.45) is 0 Å². The standard InChI is InChI=1S/C24H30N2O3/c1-4-5-6-14-23(27)26-16-20(18-11-9-13-22(28-2)24(18)29-3)19-15-25-21-12-8-7-10-17(19)21/h7-13,15,20,25H,4-6,14,16H2,1-3H3,(H,26,27)/t20-/m1/s1. The van der Waals surface area contributed by atoms with Crippen LogP contribution in [0.4, 0.5) is 0 Å². The maximum atomic E-state index is 12.4.